The molecule has 2 aromatic rings. The summed E-state index contributed by atoms with van der Waals surface area (Å²) in [6, 6.07) is 12.2. The molecule has 2 aromatic carbocycles. The van der Waals surface area contributed by atoms with Crippen LogP contribution in [0.5, 0.6) is 17.2 Å². The molecule has 2 N–H and O–H groups in total. The Kier molecular flexibility index (Phi) is 8.71. The van der Waals surface area contributed by atoms with Crippen LogP contribution in [-0.4, -0.2) is 28.9 Å². The molecular weight excluding hydrogens is 368 g/mol. The summed E-state index contributed by atoms with van der Waals surface area (Å²) in [4.78, 5) is 24.2. The Balaban J connectivity index is 1.65. The summed E-state index contributed by atoms with van der Waals surface area (Å²) < 4.78 is 5.06. The number of aromatic hydroxyl groups is 2. The van der Waals surface area contributed by atoms with E-state index in [9.17, 15) is 19.8 Å². The minimum absolute atomic E-state index is 0.00452. The van der Waals surface area contributed by atoms with E-state index < -0.39 is 0 Å². The van der Waals surface area contributed by atoms with Gasteiger partial charge in [-0.25, -0.2) is 0 Å². The summed E-state index contributed by atoms with van der Waals surface area (Å²) in [6.07, 6.45) is 3.85. The zero-order chi connectivity index (χ0) is 21.2. The highest BCUT2D eigenvalue weighted by atomic mass is 16.5. The third kappa shape index (κ3) is 7.98. The van der Waals surface area contributed by atoms with E-state index in [2.05, 4.69) is 6.92 Å². The lowest BCUT2D eigenvalue weighted by Gasteiger charge is -2.11. The third-order valence-corrected chi connectivity index (χ3v) is 5.00. The summed E-state index contributed by atoms with van der Waals surface area (Å²) in [7, 11) is 1.48. The second-order valence-corrected chi connectivity index (χ2v) is 7.63. The molecule has 0 radical (unpaired) electrons. The summed E-state index contributed by atoms with van der Waals surface area (Å²) in [6.45, 7) is 2.15. The van der Waals surface area contributed by atoms with Gasteiger partial charge in [-0.15, -0.1) is 0 Å². The fourth-order valence-corrected chi connectivity index (χ4v) is 3.34. The van der Waals surface area contributed by atoms with Gasteiger partial charge in [0.2, 0.25) is 0 Å². The molecule has 5 heteroatoms. The van der Waals surface area contributed by atoms with Crippen LogP contribution in [0.25, 0.3) is 0 Å². The highest BCUT2D eigenvalue weighted by molar-refractivity contribution is 5.99. The van der Waals surface area contributed by atoms with Crippen molar-refractivity contribution in [3.63, 3.8) is 0 Å². The molecule has 0 spiro atoms. The number of rotatable bonds is 12. The van der Waals surface area contributed by atoms with Gasteiger partial charge in [-0.05, 0) is 67.0 Å². The van der Waals surface area contributed by atoms with Gasteiger partial charge >= 0.3 is 0 Å². The molecule has 2 rings (SSSR count). The minimum Gasteiger partial charge on any atom is -0.508 e. The van der Waals surface area contributed by atoms with Gasteiger partial charge < -0.3 is 14.9 Å². The first kappa shape index (κ1) is 22.5. The van der Waals surface area contributed by atoms with Gasteiger partial charge in [0.25, 0.3) is 0 Å². The van der Waals surface area contributed by atoms with Gasteiger partial charge in [-0.1, -0.05) is 25.1 Å². The number of carbonyl (C=O) groups is 2. The van der Waals surface area contributed by atoms with Gasteiger partial charge in [0, 0.05) is 12.8 Å². The van der Waals surface area contributed by atoms with E-state index in [-0.39, 0.29) is 29.5 Å². The highest BCUT2D eigenvalue weighted by Crippen LogP contribution is 2.26. The second kappa shape index (κ2) is 11.2. The van der Waals surface area contributed by atoms with Crippen LogP contribution in [-0.2, 0) is 22.4 Å². The fraction of sp³-hybridized carbons (Fsp3) is 0.417. The number of methoxy groups -OCH3 is 1. The Morgan fingerprint density at radius 2 is 1.62 bits per heavy atom. The number of Topliss-reactive ketones (excluding diaryl/α,β-unsaturated/α-hetero) is 2. The van der Waals surface area contributed by atoms with Crippen molar-refractivity contribution in [3.05, 3.63) is 53.6 Å². The summed E-state index contributed by atoms with van der Waals surface area (Å²) in [5.74, 6) is 1.09. The third-order valence-electron chi connectivity index (χ3n) is 5.00. The van der Waals surface area contributed by atoms with Crippen molar-refractivity contribution < 1.29 is 24.5 Å². The van der Waals surface area contributed by atoms with Crippen LogP contribution >= 0.6 is 0 Å². The van der Waals surface area contributed by atoms with Crippen LogP contribution in [0, 0.1) is 5.92 Å². The average molecular weight is 398 g/mol. The molecular formula is C24H30O5. The molecule has 29 heavy (non-hydrogen) atoms. The molecule has 0 fully saturated rings. The SMILES string of the molecule is COc1cc(CCC(=O)CC(=O)CCCC(C)Cc2ccc(O)cc2)ccc1O. The number of benzene rings is 2. The Labute approximate surface area is 172 Å². The van der Waals surface area contributed by atoms with Crippen LogP contribution in [0.2, 0.25) is 0 Å². The average Bonchev–Trinajstić information content (AvgIpc) is 2.69. The largest absolute Gasteiger partial charge is 0.508 e. The van der Waals surface area contributed by atoms with E-state index in [1.54, 1.807) is 30.3 Å². The molecule has 0 saturated heterocycles. The van der Waals surface area contributed by atoms with E-state index in [0.717, 1.165) is 24.8 Å². The monoisotopic (exact) mass is 398 g/mol. The van der Waals surface area contributed by atoms with Gasteiger partial charge in [-0.2, -0.15) is 0 Å². The van der Waals surface area contributed by atoms with Crippen LogP contribution < -0.4 is 4.74 Å². The maximum absolute atomic E-state index is 12.1. The van der Waals surface area contributed by atoms with Crippen molar-refractivity contribution in [1.82, 2.24) is 0 Å². The predicted octanol–water partition coefficient (Wildman–Crippen LogP) is 4.62. The van der Waals surface area contributed by atoms with Crippen molar-refractivity contribution >= 4 is 11.6 Å². The van der Waals surface area contributed by atoms with Crippen molar-refractivity contribution in [1.29, 1.82) is 0 Å². The maximum Gasteiger partial charge on any atom is 0.160 e. The van der Waals surface area contributed by atoms with E-state index >= 15 is 0 Å². The molecule has 0 aliphatic rings. The molecule has 0 saturated carbocycles. The quantitative estimate of drug-likeness (QED) is 0.510. The topological polar surface area (TPSA) is 83.8 Å². The van der Waals surface area contributed by atoms with Gasteiger partial charge in [0.15, 0.2) is 11.5 Å². The van der Waals surface area contributed by atoms with Crippen molar-refractivity contribution in [2.75, 3.05) is 7.11 Å². The fourth-order valence-electron chi connectivity index (χ4n) is 3.34. The minimum atomic E-state index is -0.0563. The normalized spacial score (nSPS) is 11.8. The lowest BCUT2D eigenvalue weighted by atomic mass is 9.94. The first-order valence-corrected chi connectivity index (χ1v) is 10.0. The van der Waals surface area contributed by atoms with Crippen LogP contribution in [0.3, 0.4) is 0 Å². The standard InChI is InChI=1S/C24H30O5/c1-17(14-18-6-10-20(25)11-7-18)4-3-5-21(26)16-22(27)12-8-19-9-13-23(28)24(15-19)29-2/h6-7,9-11,13,15,17,25,28H,3-5,8,12,14,16H2,1-2H3. The highest BCUT2D eigenvalue weighted by Gasteiger charge is 2.12. The molecule has 0 aromatic heterocycles. The summed E-state index contributed by atoms with van der Waals surface area (Å²) >= 11 is 0. The zero-order valence-electron chi connectivity index (χ0n) is 17.2. The maximum atomic E-state index is 12.1. The van der Waals surface area contributed by atoms with Gasteiger partial charge in [0.1, 0.15) is 17.3 Å². The first-order chi connectivity index (χ1) is 13.9. The van der Waals surface area contributed by atoms with Crippen molar-refractivity contribution in [2.24, 2.45) is 5.92 Å². The molecule has 0 bridgehead atoms. The number of hydrogen-bond donors (Lipinski definition) is 2. The number of carbonyl (C=O) groups excluding carboxylic acids is 2. The summed E-state index contributed by atoms with van der Waals surface area (Å²) in [5, 5.41) is 18.9. The Morgan fingerprint density at radius 1 is 0.966 bits per heavy atom. The Hall–Kier alpha value is -2.82. The van der Waals surface area contributed by atoms with E-state index in [0.29, 0.717) is 30.9 Å². The number of aryl methyl sites for hydroxylation is 1. The lowest BCUT2D eigenvalue weighted by molar-refractivity contribution is -0.127. The number of hydrogen-bond acceptors (Lipinski definition) is 5. The lowest BCUT2D eigenvalue weighted by Crippen LogP contribution is -2.09. The first-order valence-electron chi connectivity index (χ1n) is 10.0. The predicted molar refractivity (Wildman–Crippen MR) is 112 cm³/mol. The van der Waals surface area contributed by atoms with Crippen LogP contribution in [0.4, 0.5) is 0 Å². The molecule has 0 amide bonds. The molecule has 156 valence electrons. The summed E-state index contributed by atoms with van der Waals surface area (Å²) in [5.41, 5.74) is 2.06. The smallest absolute Gasteiger partial charge is 0.160 e. The molecule has 1 unspecified atom stereocenters. The Morgan fingerprint density at radius 3 is 2.31 bits per heavy atom. The zero-order valence-corrected chi connectivity index (χ0v) is 17.2. The Bertz CT molecular complexity index is 811. The van der Waals surface area contributed by atoms with E-state index in [1.807, 2.05) is 12.1 Å². The van der Waals surface area contributed by atoms with Crippen LogP contribution in [0.15, 0.2) is 42.5 Å². The molecule has 0 heterocycles. The van der Waals surface area contributed by atoms with Crippen LogP contribution in [0.1, 0.15) is 50.2 Å². The van der Waals surface area contributed by atoms with Gasteiger partial charge in [0.05, 0.1) is 13.5 Å². The molecule has 1 atom stereocenters. The number of ether oxygens (including phenoxy) is 1. The van der Waals surface area contributed by atoms with E-state index in [4.69, 9.17) is 4.74 Å². The second-order valence-electron chi connectivity index (χ2n) is 7.63. The van der Waals surface area contributed by atoms with E-state index in [1.165, 1.54) is 12.7 Å². The molecule has 0 aliphatic heterocycles. The van der Waals surface area contributed by atoms with Crippen molar-refractivity contribution in [2.45, 2.75) is 51.9 Å². The molecule has 5 nitrogen and oxygen atoms in total. The van der Waals surface area contributed by atoms with Crippen molar-refractivity contribution in [3.8, 4) is 17.2 Å². The molecule has 0 aliphatic carbocycles. The van der Waals surface area contributed by atoms with Gasteiger partial charge in [-0.3, -0.25) is 9.59 Å². The number of ketones is 2. The number of phenols is 2. The number of phenolic OH excluding ortho intramolecular Hbond substituents is 2.